The predicted molar refractivity (Wildman–Crippen MR) is 93.7 cm³/mol. The van der Waals surface area contributed by atoms with E-state index >= 15 is 0 Å². The molecule has 1 aliphatic carbocycles. The standard InChI is InChI=1S/C18H21ClN4O/c19-14-1-3-17(4-2-14)23-12-13(11-20-23)18(24)21-15-7-9-22(10-8-15)16-5-6-16/h1-4,11-12,15-16H,5-10H2,(H,21,24). The van der Waals surface area contributed by atoms with Crippen molar-refractivity contribution in [1.29, 1.82) is 0 Å². The normalized spacial score (nSPS) is 19.4. The van der Waals surface area contributed by atoms with E-state index in [9.17, 15) is 4.79 Å². The molecule has 2 aliphatic rings. The molecule has 0 atom stereocenters. The zero-order chi connectivity index (χ0) is 16.5. The van der Waals surface area contributed by atoms with E-state index < -0.39 is 0 Å². The van der Waals surface area contributed by atoms with Crippen molar-refractivity contribution >= 4 is 17.5 Å². The van der Waals surface area contributed by atoms with Gasteiger partial charge in [0.2, 0.25) is 0 Å². The Morgan fingerprint density at radius 1 is 1.12 bits per heavy atom. The molecule has 1 aromatic heterocycles. The molecule has 0 radical (unpaired) electrons. The second-order valence-electron chi connectivity index (χ2n) is 6.66. The second kappa shape index (κ2) is 6.57. The fraction of sp³-hybridized carbons (Fsp3) is 0.444. The van der Waals surface area contributed by atoms with Crippen LogP contribution in [0.5, 0.6) is 0 Å². The first-order valence-electron chi connectivity index (χ1n) is 8.54. The molecule has 1 saturated heterocycles. The molecule has 2 fully saturated rings. The van der Waals surface area contributed by atoms with E-state index in [0.29, 0.717) is 10.6 Å². The average Bonchev–Trinajstić information content (AvgIpc) is 3.33. The van der Waals surface area contributed by atoms with E-state index in [2.05, 4.69) is 15.3 Å². The summed E-state index contributed by atoms with van der Waals surface area (Å²) in [6.45, 7) is 2.19. The summed E-state index contributed by atoms with van der Waals surface area (Å²) in [7, 11) is 0. The van der Waals surface area contributed by atoms with E-state index in [4.69, 9.17) is 11.6 Å². The zero-order valence-corrected chi connectivity index (χ0v) is 14.2. The van der Waals surface area contributed by atoms with Gasteiger partial charge in [-0.2, -0.15) is 5.10 Å². The van der Waals surface area contributed by atoms with Gasteiger partial charge < -0.3 is 10.2 Å². The summed E-state index contributed by atoms with van der Waals surface area (Å²) in [5.41, 5.74) is 1.48. The van der Waals surface area contributed by atoms with Crippen molar-refractivity contribution in [2.24, 2.45) is 0 Å². The Bertz CT molecular complexity index is 715. The summed E-state index contributed by atoms with van der Waals surface area (Å²) in [6, 6.07) is 8.47. The van der Waals surface area contributed by atoms with Crippen molar-refractivity contribution in [3.8, 4) is 5.69 Å². The molecule has 24 heavy (non-hydrogen) atoms. The Balaban J connectivity index is 1.35. The molecule has 0 unspecified atom stereocenters. The first kappa shape index (κ1) is 15.7. The number of carbonyl (C=O) groups is 1. The van der Waals surface area contributed by atoms with Gasteiger partial charge in [-0.1, -0.05) is 11.6 Å². The van der Waals surface area contributed by atoms with Crippen LogP contribution in [0, 0.1) is 0 Å². The number of hydrogen-bond donors (Lipinski definition) is 1. The van der Waals surface area contributed by atoms with Gasteiger partial charge in [-0.3, -0.25) is 4.79 Å². The highest BCUT2D eigenvalue weighted by molar-refractivity contribution is 6.30. The summed E-state index contributed by atoms with van der Waals surface area (Å²) < 4.78 is 1.70. The molecular weight excluding hydrogens is 324 g/mol. The third-order valence-electron chi connectivity index (χ3n) is 4.86. The Morgan fingerprint density at radius 2 is 1.83 bits per heavy atom. The van der Waals surface area contributed by atoms with Gasteiger partial charge in [0.1, 0.15) is 0 Å². The predicted octanol–water partition coefficient (Wildman–Crippen LogP) is 2.88. The fourth-order valence-electron chi connectivity index (χ4n) is 3.29. The highest BCUT2D eigenvalue weighted by atomic mass is 35.5. The quantitative estimate of drug-likeness (QED) is 0.927. The molecule has 1 saturated carbocycles. The van der Waals surface area contributed by atoms with E-state index in [0.717, 1.165) is 37.7 Å². The number of carbonyl (C=O) groups excluding carboxylic acids is 1. The minimum atomic E-state index is -0.0416. The number of likely N-dealkylation sites (tertiary alicyclic amines) is 1. The largest absolute Gasteiger partial charge is 0.349 e. The number of nitrogens with one attached hydrogen (secondary N) is 1. The smallest absolute Gasteiger partial charge is 0.254 e. The number of hydrogen-bond acceptors (Lipinski definition) is 3. The van der Waals surface area contributed by atoms with Gasteiger partial charge in [0, 0.05) is 36.4 Å². The van der Waals surface area contributed by atoms with E-state index in [1.807, 2.05) is 24.3 Å². The van der Waals surface area contributed by atoms with E-state index in [-0.39, 0.29) is 11.9 Å². The summed E-state index contributed by atoms with van der Waals surface area (Å²) in [6.07, 6.45) is 8.14. The molecule has 4 rings (SSSR count). The molecule has 0 spiro atoms. The minimum absolute atomic E-state index is 0.0416. The van der Waals surface area contributed by atoms with E-state index in [1.165, 1.54) is 12.8 Å². The first-order valence-corrected chi connectivity index (χ1v) is 8.92. The van der Waals surface area contributed by atoms with Crippen LogP contribution in [0.3, 0.4) is 0 Å². The van der Waals surface area contributed by atoms with Crippen LogP contribution in [0.25, 0.3) is 5.69 Å². The monoisotopic (exact) mass is 344 g/mol. The Labute approximate surface area is 146 Å². The maximum Gasteiger partial charge on any atom is 0.254 e. The highest BCUT2D eigenvalue weighted by Gasteiger charge is 2.32. The van der Waals surface area contributed by atoms with Gasteiger partial charge in [-0.25, -0.2) is 4.68 Å². The van der Waals surface area contributed by atoms with Crippen molar-refractivity contribution in [2.45, 2.75) is 37.8 Å². The lowest BCUT2D eigenvalue weighted by Crippen LogP contribution is -2.45. The Kier molecular flexibility index (Phi) is 4.29. The Hall–Kier alpha value is -1.85. The molecule has 5 nitrogen and oxygen atoms in total. The summed E-state index contributed by atoms with van der Waals surface area (Å²) in [5.74, 6) is -0.0416. The number of benzene rings is 1. The van der Waals surface area contributed by atoms with Crippen molar-refractivity contribution < 1.29 is 4.79 Å². The molecule has 2 aromatic rings. The lowest BCUT2D eigenvalue weighted by Gasteiger charge is -2.32. The van der Waals surface area contributed by atoms with Crippen LogP contribution in [0.4, 0.5) is 0 Å². The molecule has 126 valence electrons. The van der Waals surface area contributed by atoms with Crippen LogP contribution >= 0.6 is 11.6 Å². The number of aromatic nitrogens is 2. The van der Waals surface area contributed by atoms with Crippen LogP contribution in [0.2, 0.25) is 5.02 Å². The summed E-state index contributed by atoms with van der Waals surface area (Å²) in [4.78, 5) is 15.0. The summed E-state index contributed by atoms with van der Waals surface area (Å²) in [5, 5.41) is 8.11. The number of halogens is 1. The number of amides is 1. The van der Waals surface area contributed by atoms with Crippen LogP contribution in [0.15, 0.2) is 36.7 Å². The lowest BCUT2D eigenvalue weighted by molar-refractivity contribution is 0.0909. The van der Waals surface area contributed by atoms with Crippen molar-refractivity contribution in [1.82, 2.24) is 20.0 Å². The van der Waals surface area contributed by atoms with Crippen molar-refractivity contribution in [3.63, 3.8) is 0 Å². The molecule has 0 bridgehead atoms. The maximum absolute atomic E-state index is 12.4. The SMILES string of the molecule is O=C(NC1CCN(C2CC2)CC1)c1cnn(-c2ccc(Cl)cc2)c1. The van der Waals surface area contributed by atoms with Gasteiger partial charge >= 0.3 is 0 Å². The molecule has 1 amide bonds. The molecule has 1 N–H and O–H groups in total. The topological polar surface area (TPSA) is 50.2 Å². The number of nitrogens with zero attached hydrogens (tertiary/aromatic N) is 3. The fourth-order valence-corrected chi connectivity index (χ4v) is 3.42. The zero-order valence-electron chi connectivity index (χ0n) is 13.5. The van der Waals surface area contributed by atoms with Crippen LogP contribution < -0.4 is 5.32 Å². The Morgan fingerprint density at radius 3 is 2.50 bits per heavy atom. The third kappa shape index (κ3) is 3.47. The van der Waals surface area contributed by atoms with Gasteiger partial charge in [-0.05, 0) is 49.9 Å². The molecule has 1 aliphatic heterocycles. The van der Waals surface area contributed by atoms with Gasteiger partial charge in [-0.15, -0.1) is 0 Å². The molecule has 1 aromatic carbocycles. The first-order chi connectivity index (χ1) is 11.7. The average molecular weight is 345 g/mol. The van der Waals surface area contributed by atoms with Crippen LogP contribution in [-0.4, -0.2) is 45.8 Å². The third-order valence-corrected chi connectivity index (χ3v) is 5.12. The van der Waals surface area contributed by atoms with Crippen LogP contribution in [0.1, 0.15) is 36.0 Å². The lowest BCUT2D eigenvalue weighted by atomic mass is 10.0. The van der Waals surface area contributed by atoms with Crippen molar-refractivity contribution in [2.75, 3.05) is 13.1 Å². The number of rotatable bonds is 4. The highest BCUT2D eigenvalue weighted by Crippen LogP contribution is 2.29. The minimum Gasteiger partial charge on any atom is -0.349 e. The molecule has 6 heteroatoms. The maximum atomic E-state index is 12.4. The summed E-state index contributed by atoms with van der Waals surface area (Å²) >= 11 is 5.90. The second-order valence-corrected chi connectivity index (χ2v) is 7.10. The van der Waals surface area contributed by atoms with Gasteiger partial charge in [0.15, 0.2) is 0 Å². The van der Waals surface area contributed by atoms with Gasteiger partial charge in [0.25, 0.3) is 5.91 Å². The molecule has 2 heterocycles. The molecular formula is C18H21ClN4O. The van der Waals surface area contributed by atoms with Crippen molar-refractivity contribution in [3.05, 3.63) is 47.2 Å². The van der Waals surface area contributed by atoms with E-state index in [1.54, 1.807) is 17.1 Å². The van der Waals surface area contributed by atoms with Crippen LogP contribution in [-0.2, 0) is 0 Å². The van der Waals surface area contributed by atoms with Gasteiger partial charge in [0.05, 0.1) is 17.4 Å². The number of piperidine rings is 1.